The van der Waals surface area contributed by atoms with Gasteiger partial charge in [0.2, 0.25) is 0 Å². The topological polar surface area (TPSA) is 53.9 Å². The molecule has 0 amide bonds. The predicted molar refractivity (Wildman–Crippen MR) is 97.4 cm³/mol. The van der Waals surface area contributed by atoms with Gasteiger partial charge in [0, 0.05) is 37.4 Å². The summed E-state index contributed by atoms with van der Waals surface area (Å²) in [4.78, 5) is 15.8. The van der Waals surface area contributed by atoms with Crippen LogP contribution in [-0.2, 0) is 6.54 Å². The summed E-state index contributed by atoms with van der Waals surface area (Å²) >= 11 is 1.63. The van der Waals surface area contributed by atoms with Crippen LogP contribution in [0.2, 0.25) is 0 Å². The maximum atomic E-state index is 4.70. The first kappa shape index (κ1) is 18.5. The highest BCUT2D eigenvalue weighted by atomic mass is 35.5. The van der Waals surface area contributed by atoms with E-state index in [1.54, 1.807) is 23.7 Å². The number of halogens is 2. The first-order valence-electron chi connectivity index (χ1n) is 7.48. The van der Waals surface area contributed by atoms with E-state index in [9.17, 15) is 0 Å². The van der Waals surface area contributed by atoms with E-state index in [1.165, 1.54) is 39.0 Å². The number of likely N-dealkylation sites (tertiary alicyclic amines) is 1. The summed E-state index contributed by atoms with van der Waals surface area (Å²) in [7, 11) is 0. The summed E-state index contributed by atoms with van der Waals surface area (Å²) < 4.78 is 0. The van der Waals surface area contributed by atoms with Crippen molar-refractivity contribution in [3.8, 4) is 10.8 Å². The highest BCUT2D eigenvalue weighted by Gasteiger charge is 2.40. The molecule has 0 radical (unpaired) electrons. The van der Waals surface area contributed by atoms with Crippen molar-refractivity contribution >= 4 is 36.2 Å². The number of nitrogens with one attached hydrogen (secondary N) is 1. The Kier molecular flexibility index (Phi) is 6.33. The molecule has 0 bridgehead atoms. The van der Waals surface area contributed by atoms with Gasteiger partial charge < -0.3 is 5.32 Å². The third kappa shape index (κ3) is 4.00. The summed E-state index contributed by atoms with van der Waals surface area (Å²) in [6.07, 6.45) is 6.17. The van der Waals surface area contributed by atoms with Crippen molar-refractivity contribution in [2.75, 3.05) is 26.2 Å². The molecule has 2 aromatic heterocycles. The van der Waals surface area contributed by atoms with Crippen LogP contribution in [0.5, 0.6) is 0 Å². The molecule has 2 aliphatic heterocycles. The number of aromatic nitrogens is 3. The van der Waals surface area contributed by atoms with E-state index in [0.29, 0.717) is 5.41 Å². The third-order valence-electron chi connectivity index (χ3n) is 4.54. The number of nitrogens with zero attached hydrogens (tertiary/aromatic N) is 4. The van der Waals surface area contributed by atoms with Gasteiger partial charge >= 0.3 is 0 Å². The molecule has 2 fully saturated rings. The van der Waals surface area contributed by atoms with E-state index < -0.39 is 0 Å². The third-order valence-corrected chi connectivity index (χ3v) is 5.43. The lowest BCUT2D eigenvalue weighted by Crippen LogP contribution is -2.29. The van der Waals surface area contributed by atoms with Gasteiger partial charge in [-0.2, -0.15) is 0 Å². The molecular weight excluding hydrogens is 353 g/mol. The molecule has 0 aromatic carbocycles. The van der Waals surface area contributed by atoms with Gasteiger partial charge in [0.25, 0.3) is 0 Å². The highest BCUT2D eigenvalue weighted by Crippen LogP contribution is 2.36. The van der Waals surface area contributed by atoms with Gasteiger partial charge in [0.1, 0.15) is 0 Å². The van der Waals surface area contributed by atoms with Crippen LogP contribution in [0.15, 0.2) is 23.8 Å². The number of hydrogen-bond acceptors (Lipinski definition) is 6. The molecule has 0 aliphatic carbocycles. The van der Waals surface area contributed by atoms with Gasteiger partial charge in [-0.15, -0.1) is 36.2 Å². The second-order valence-electron chi connectivity index (χ2n) is 6.10. The van der Waals surface area contributed by atoms with Crippen molar-refractivity contribution in [1.82, 2.24) is 25.2 Å². The fourth-order valence-electron chi connectivity index (χ4n) is 3.43. The smallest absolute Gasteiger partial charge is 0.188 e. The van der Waals surface area contributed by atoms with Crippen LogP contribution in [0.4, 0.5) is 0 Å². The Balaban J connectivity index is 0.000000960. The van der Waals surface area contributed by atoms with Crippen molar-refractivity contribution in [3.63, 3.8) is 0 Å². The van der Waals surface area contributed by atoms with Crippen LogP contribution in [0.3, 0.4) is 0 Å². The van der Waals surface area contributed by atoms with E-state index in [-0.39, 0.29) is 24.8 Å². The standard InChI is InChI=1S/C15H19N5S.2ClH/c1-4-17-13(18-5-1)14-19-12(9-21-14)8-20-7-3-15(11-20)2-6-16-10-15;;/h1,4-5,9,16H,2-3,6-8,10-11H2;2*1H. The molecule has 2 saturated heterocycles. The fourth-order valence-corrected chi connectivity index (χ4v) is 4.18. The van der Waals surface area contributed by atoms with Crippen LogP contribution >= 0.6 is 36.2 Å². The average molecular weight is 374 g/mol. The lowest BCUT2D eigenvalue weighted by molar-refractivity contribution is 0.267. The quantitative estimate of drug-likeness (QED) is 0.895. The van der Waals surface area contributed by atoms with Crippen molar-refractivity contribution in [1.29, 1.82) is 0 Å². The zero-order valence-electron chi connectivity index (χ0n) is 12.8. The summed E-state index contributed by atoms with van der Waals surface area (Å²) in [6.45, 7) is 5.71. The molecule has 2 aromatic rings. The minimum atomic E-state index is 0. The second kappa shape index (κ2) is 7.85. The average Bonchev–Trinajstić information content (AvgIpc) is 3.24. The van der Waals surface area contributed by atoms with Gasteiger partial charge in [-0.3, -0.25) is 4.90 Å². The zero-order chi connectivity index (χ0) is 14.1. The molecule has 1 unspecified atom stereocenters. The molecule has 5 nitrogen and oxygen atoms in total. The Hall–Kier alpha value is -0.790. The summed E-state index contributed by atoms with van der Waals surface area (Å²) in [5.74, 6) is 0.728. The molecule has 8 heteroatoms. The monoisotopic (exact) mass is 373 g/mol. The fraction of sp³-hybridized carbons (Fsp3) is 0.533. The largest absolute Gasteiger partial charge is 0.316 e. The lowest BCUT2D eigenvalue weighted by Gasteiger charge is -2.22. The molecule has 0 saturated carbocycles. The van der Waals surface area contributed by atoms with Crippen molar-refractivity contribution in [3.05, 3.63) is 29.5 Å². The highest BCUT2D eigenvalue weighted by molar-refractivity contribution is 7.13. The lowest BCUT2D eigenvalue weighted by atomic mass is 9.87. The molecular formula is C15H21Cl2N5S. The first-order chi connectivity index (χ1) is 10.3. The Morgan fingerprint density at radius 2 is 2.04 bits per heavy atom. The molecule has 1 N–H and O–H groups in total. The Morgan fingerprint density at radius 1 is 1.22 bits per heavy atom. The second-order valence-corrected chi connectivity index (χ2v) is 6.96. The summed E-state index contributed by atoms with van der Waals surface area (Å²) in [5.41, 5.74) is 1.67. The van der Waals surface area contributed by atoms with E-state index in [1.807, 2.05) is 6.07 Å². The summed E-state index contributed by atoms with van der Waals surface area (Å²) in [5, 5.41) is 6.57. The van der Waals surface area contributed by atoms with E-state index >= 15 is 0 Å². The molecule has 1 atom stereocenters. The van der Waals surface area contributed by atoms with E-state index in [4.69, 9.17) is 4.98 Å². The van der Waals surface area contributed by atoms with Crippen molar-refractivity contribution in [2.24, 2.45) is 5.41 Å². The van der Waals surface area contributed by atoms with E-state index in [0.717, 1.165) is 23.1 Å². The summed E-state index contributed by atoms with van der Waals surface area (Å²) in [6, 6.07) is 1.83. The number of thiazole rings is 1. The van der Waals surface area contributed by atoms with Gasteiger partial charge in [0.05, 0.1) is 5.69 Å². The molecule has 4 rings (SSSR count). The molecule has 126 valence electrons. The molecule has 23 heavy (non-hydrogen) atoms. The molecule has 4 heterocycles. The van der Waals surface area contributed by atoms with Crippen molar-refractivity contribution in [2.45, 2.75) is 19.4 Å². The SMILES string of the molecule is Cl.Cl.c1cnc(-c2nc(CN3CCC4(CCNC4)C3)cs2)nc1. The Morgan fingerprint density at radius 3 is 2.78 bits per heavy atom. The van der Waals surface area contributed by atoms with Gasteiger partial charge in [-0.05, 0) is 37.4 Å². The van der Waals surface area contributed by atoms with E-state index in [2.05, 4.69) is 25.6 Å². The van der Waals surface area contributed by atoms with Gasteiger partial charge in [-0.25, -0.2) is 15.0 Å². The van der Waals surface area contributed by atoms with Crippen molar-refractivity contribution < 1.29 is 0 Å². The van der Waals surface area contributed by atoms with Crippen LogP contribution in [0.25, 0.3) is 10.8 Å². The van der Waals surface area contributed by atoms with Crippen LogP contribution in [-0.4, -0.2) is 46.0 Å². The van der Waals surface area contributed by atoms with Gasteiger partial charge in [-0.1, -0.05) is 0 Å². The zero-order valence-corrected chi connectivity index (χ0v) is 15.2. The van der Waals surface area contributed by atoms with Crippen LogP contribution < -0.4 is 5.32 Å². The maximum absolute atomic E-state index is 4.70. The first-order valence-corrected chi connectivity index (χ1v) is 8.36. The Bertz CT molecular complexity index is 615. The van der Waals surface area contributed by atoms with Crippen LogP contribution in [0, 0.1) is 5.41 Å². The van der Waals surface area contributed by atoms with Crippen LogP contribution in [0.1, 0.15) is 18.5 Å². The minimum absolute atomic E-state index is 0. The Labute approximate surface area is 152 Å². The molecule has 1 spiro atoms. The predicted octanol–water partition coefficient (Wildman–Crippen LogP) is 2.63. The number of rotatable bonds is 3. The number of hydrogen-bond donors (Lipinski definition) is 1. The maximum Gasteiger partial charge on any atom is 0.188 e. The molecule has 2 aliphatic rings. The minimum Gasteiger partial charge on any atom is -0.316 e. The van der Waals surface area contributed by atoms with Gasteiger partial charge in [0.15, 0.2) is 10.8 Å². The normalized spacial score (nSPS) is 23.7.